The van der Waals surface area contributed by atoms with Crippen LogP contribution >= 0.6 is 11.3 Å². The van der Waals surface area contributed by atoms with Gasteiger partial charge in [-0.05, 0) is 31.8 Å². The Balaban J connectivity index is 1.55. The van der Waals surface area contributed by atoms with Crippen molar-refractivity contribution in [2.45, 2.75) is 18.8 Å². The van der Waals surface area contributed by atoms with E-state index in [4.69, 9.17) is 0 Å². The van der Waals surface area contributed by atoms with Crippen molar-refractivity contribution in [3.63, 3.8) is 0 Å². The third-order valence-electron chi connectivity index (χ3n) is 5.35. The number of piperidine rings is 1. The number of thiazole rings is 1. The van der Waals surface area contributed by atoms with Crippen LogP contribution in [0.2, 0.25) is 0 Å². The van der Waals surface area contributed by atoms with Gasteiger partial charge in [-0.1, -0.05) is 6.08 Å². The Kier molecular flexibility index (Phi) is 3.84. The number of nitrogens with zero attached hydrogens (tertiary/aromatic N) is 3. The number of hydrogen-bond acceptors (Lipinski definition) is 6. The first-order valence-corrected chi connectivity index (χ1v) is 9.96. The molecule has 0 bridgehead atoms. The molecule has 0 amide bonds. The van der Waals surface area contributed by atoms with Gasteiger partial charge in [0.1, 0.15) is 5.92 Å². The van der Waals surface area contributed by atoms with Crippen LogP contribution in [-0.4, -0.2) is 46.2 Å². The van der Waals surface area contributed by atoms with Crippen LogP contribution in [0.15, 0.2) is 34.9 Å². The van der Waals surface area contributed by atoms with E-state index in [1.165, 1.54) is 10.9 Å². The highest BCUT2D eigenvalue weighted by molar-refractivity contribution is 7.17. The Bertz CT molecular complexity index is 1100. The zero-order valence-corrected chi connectivity index (χ0v) is 15.8. The van der Waals surface area contributed by atoms with E-state index in [1.807, 2.05) is 30.2 Å². The molecule has 0 spiro atoms. The zero-order valence-electron chi connectivity index (χ0n) is 14.9. The van der Waals surface area contributed by atoms with Crippen LogP contribution < -0.4 is 16.3 Å². The molecule has 2 aromatic rings. The Morgan fingerprint density at radius 2 is 2.11 bits per heavy atom. The molecule has 3 aliphatic rings. The molecule has 4 heterocycles. The minimum atomic E-state index is -0.138. The highest BCUT2D eigenvalue weighted by atomic mass is 32.1. The molecular weight excluding hydrogens is 362 g/mol. The molecule has 2 aromatic heterocycles. The first-order valence-electron chi connectivity index (χ1n) is 9.15. The second-order valence-corrected chi connectivity index (χ2v) is 8.27. The van der Waals surface area contributed by atoms with Crippen molar-refractivity contribution in [1.82, 2.24) is 20.1 Å². The molecule has 138 valence electrons. The molecule has 7 nitrogen and oxygen atoms in total. The fourth-order valence-electron chi connectivity index (χ4n) is 3.94. The molecular formula is C19H20N5O2S+. The van der Waals surface area contributed by atoms with Gasteiger partial charge in [-0.15, -0.1) is 16.0 Å². The fourth-order valence-corrected chi connectivity index (χ4v) is 5.10. The average Bonchev–Trinajstić information content (AvgIpc) is 3.24. The summed E-state index contributed by atoms with van der Waals surface area (Å²) < 4.78 is 3.44. The van der Waals surface area contributed by atoms with Gasteiger partial charge in [-0.25, -0.2) is 4.98 Å². The number of nitrogens with one attached hydrogen (secondary N) is 2. The van der Waals surface area contributed by atoms with E-state index in [9.17, 15) is 9.59 Å². The van der Waals surface area contributed by atoms with Gasteiger partial charge in [-0.2, -0.15) is 5.43 Å². The number of hydrogen-bond donors (Lipinski definition) is 2. The highest BCUT2D eigenvalue weighted by Crippen LogP contribution is 2.31. The van der Waals surface area contributed by atoms with Crippen LogP contribution in [0.25, 0.3) is 10.5 Å². The maximum absolute atomic E-state index is 12.7. The second-order valence-electron chi connectivity index (χ2n) is 7.23. The summed E-state index contributed by atoms with van der Waals surface area (Å²) >= 11 is 1.56. The van der Waals surface area contributed by atoms with Crippen LogP contribution in [0.3, 0.4) is 0 Å². The van der Waals surface area contributed by atoms with Crippen molar-refractivity contribution < 1.29 is 9.48 Å². The van der Waals surface area contributed by atoms with Crippen molar-refractivity contribution in [2.24, 2.45) is 5.92 Å². The van der Waals surface area contributed by atoms with E-state index >= 15 is 0 Å². The number of carbonyl (C=O) groups is 1. The lowest BCUT2D eigenvalue weighted by Gasteiger charge is -2.20. The molecule has 2 N–H and O–H groups in total. The molecule has 0 aromatic carbocycles. The number of fused-ring (bicyclic) bond motifs is 2. The molecule has 1 atom stereocenters. The lowest BCUT2D eigenvalue weighted by molar-refractivity contribution is -0.540. The summed E-state index contributed by atoms with van der Waals surface area (Å²) in [6.07, 6.45) is 9.54. The van der Waals surface area contributed by atoms with Crippen LogP contribution in [0.1, 0.15) is 29.3 Å². The maximum atomic E-state index is 12.7. The van der Waals surface area contributed by atoms with E-state index in [0.29, 0.717) is 22.1 Å². The number of aromatic nitrogens is 2. The minimum absolute atomic E-state index is 0.0107. The normalized spacial score (nSPS) is 22.9. The summed E-state index contributed by atoms with van der Waals surface area (Å²) in [6.45, 7) is 2.01. The lowest BCUT2D eigenvalue weighted by Crippen LogP contribution is -2.26. The standard InChI is InChI=1S/C19H19N5O2S/c1-23-9-12-6-13(16(25)7-14(12)22-23)15-8-18(26)24-10-17(27-19(24)21-15)11-2-4-20-5-3-11/h6-12,20H,2-5H2,1H3/p+1. The van der Waals surface area contributed by atoms with Crippen LogP contribution in [0.5, 0.6) is 0 Å². The Morgan fingerprint density at radius 3 is 2.93 bits per heavy atom. The molecule has 0 radical (unpaired) electrons. The smallest absolute Gasteiger partial charge is 0.259 e. The van der Waals surface area contributed by atoms with Gasteiger partial charge in [0.2, 0.25) is 0 Å². The van der Waals surface area contributed by atoms with E-state index in [-0.39, 0.29) is 17.3 Å². The molecule has 2 aliphatic heterocycles. The Labute approximate surface area is 159 Å². The van der Waals surface area contributed by atoms with Crippen molar-refractivity contribution in [3.8, 4) is 0 Å². The van der Waals surface area contributed by atoms with E-state index in [2.05, 4.69) is 15.7 Å². The van der Waals surface area contributed by atoms with Crippen molar-refractivity contribution in [1.29, 1.82) is 0 Å². The number of hydrazone groups is 1. The molecule has 0 saturated carbocycles. The van der Waals surface area contributed by atoms with Crippen LogP contribution in [-0.2, 0) is 4.79 Å². The van der Waals surface area contributed by atoms with Gasteiger partial charge in [0.05, 0.1) is 11.4 Å². The maximum Gasteiger partial charge on any atom is 0.259 e. The molecule has 1 saturated heterocycles. The first-order chi connectivity index (χ1) is 13.1. The molecule has 1 unspecified atom stereocenters. The number of hydrazine groups is 1. The Hall–Kier alpha value is -2.58. The highest BCUT2D eigenvalue weighted by Gasteiger charge is 2.31. The van der Waals surface area contributed by atoms with E-state index in [0.717, 1.165) is 31.6 Å². The van der Waals surface area contributed by atoms with E-state index in [1.54, 1.807) is 21.8 Å². The monoisotopic (exact) mass is 382 g/mol. The number of ketones is 1. The summed E-state index contributed by atoms with van der Waals surface area (Å²) in [7, 11) is 1.89. The van der Waals surface area contributed by atoms with Gasteiger partial charge in [0, 0.05) is 28.8 Å². The van der Waals surface area contributed by atoms with Crippen LogP contribution in [0.4, 0.5) is 0 Å². The first kappa shape index (κ1) is 16.6. The average molecular weight is 382 g/mol. The molecule has 5 rings (SSSR count). The van der Waals surface area contributed by atoms with Gasteiger partial charge in [0.25, 0.3) is 5.56 Å². The molecule has 27 heavy (non-hydrogen) atoms. The van der Waals surface area contributed by atoms with Crippen molar-refractivity contribution in [2.75, 3.05) is 20.1 Å². The van der Waals surface area contributed by atoms with Gasteiger partial charge < -0.3 is 5.32 Å². The largest absolute Gasteiger partial charge is 0.317 e. The zero-order chi connectivity index (χ0) is 18.5. The molecule has 8 heteroatoms. The summed E-state index contributed by atoms with van der Waals surface area (Å²) in [6, 6.07) is 1.47. The van der Waals surface area contributed by atoms with Crippen molar-refractivity contribution in [3.05, 3.63) is 51.0 Å². The quantitative estimate of drug-likeness (QED) is 0.756. The van der Waals surface area contributed by atoms with Crippen LogP contribution in [0, 0.1) is 5.92 Å². The van der Waals surface area contributed by atoms with Gasteiger partial charge in [-0.3, -0.25) is 14.0 Å². The summed E-state index contributed by atoms with van der Waals surface area (Å²) in [5.74, 6) is 0.358. The SMILES string of the molecule is C[N+]1=CC2C=C(c3cc(=O)n4cc(C5CCNCC5)sc4n3)C(=O)C=C2N1. The predicted octanol–water partition coefficient (Wildman–Crippen LogP) is 0.920. The fraction of sp³-hybridized carbons (Fsp3) is 0.368. The minimum Gasteiger partial charge on any atom is -0.317 e. The number of allylic oxidation sites excluding steroid dienone is 3. The third kappa shape index (κ3) is 2.85. The summed E-state index contributed by atoms with van der Waals surface area (Å²) in [5, 5.41) is 3.37. The predicted molar refractivity (Wildman–Crippen MR) is 104 cm³/mol. The Morgan fingerprint density at radius 1 is 1.30 bits per heavy atom. The van der Waals surface area contributed by atoms with Gasteiger partial charge in [0.15, 0.2) is 24.0 Å². The van der Waals surface area contributed by atoms with E-state index < -0.39 is 0 Å². The van der Waals surface area contributed by atoms with Gasteiger partial charge >= 0.3 is 0 Å². The molecule has 1 aliphatic carbocycles. The topological polar surface area (TPSA) is 78.5 Å². The van der Waals surface area contributed by atoms with Crippen molar-refractivity contribution >= 4 is 33.9 Å². The second kappa shape index (κ2) is 6.24. The third-order valence-corrected chi connectivity index (χ3v) is 6.49. The number of carbonyl (C=O) groups excluding carboxylic acids is 1. The number of rotatable bonds is 2. The molecule has 1 fully saturated rings. The lowest BCUT2D eigenvalue weighted by atomic mass is 9.92. The summed E-state index contributed by atoms with van der Waals surface area (Å²) in [5.41, 5.74) is 4.79. The summed E-state index contributed by atoms with van der Waals surface area (Å²) in [4.78, 5) is 31.7.